The van der Waals surface area contributed by atoms with Gasteiger partial charge in [-0.15, -0.1) is 0 Å². The highest BCUT2D eigenvalue weighted by Crippen LogP contribution is 2.36. The van der Waals surface area contributed by atoms with Gasteiger partial charge in [0.2, 0.25) is 0 Å². The number of carbonyl (C=O) groups is 1. The molecule has 0 aromatic heterocycles. The molecule has 0 spiro atoms. The summed E-state index contributed by atoms with van der Waals surface area (Å²) < 4.78 is 106. The number of halogens is 8. The van der Waals surface area contributed by atoms with E-state index >= 15 is 0 Å². The summed E-state index contributed by atoms with van der Waals surface area (Å²) in [5, 5.41) is 0. The highest BCUT2D eigenvalue weighted by Gasteiger charge is 2.60. The normalized spacial score (nSPS) is 20.3. The van der Waals surface area contributed by atoms with Crippen LogP contribution in [0.2, 0.25) is 0 Å². The molecule has 2 heterocycles. The van der Waals surface area contributed by atoms with Gasteiger partial charge in [0.05, 0.1) is 0 Å². The lowest BCUT2D eigenvalue weighted by atomic mass is 9.99. The zero-order valence-electron chi connectivity index (χ0n) is 19.1. The number of ether oxygens (including phenoxy) is 1. The van der Waals surface area contributed by atoms with Gasteiger partial charge < -0.3 is 9.64 Å². The van der Waals surface area contributed by atoms with Gasteiger partial charge in [-0.1, -0.05) is 18.2 Å². The van der Waals surface area contributed by atoms with Crippen molar-refractivity contribution in [2.45, 2.75) is 57.2 Å². The standard InChI is InChI=1S/C22H27F8N3O2/c1-15-16(13-31-7-5-20(23,24)6-8-31)3-2-4-17(15)14-32-9-11-33(12-10-32)19(34)35-18(21(25,26)27)22(28,29)30/h2-4,18H,5-14H2,1H3. The molecular weight excluding hydrogens is 490 g/mol. The maximum atomic E-state index is 13.4. The second kappa shape index (κ2) is 10.5. The van der Waals surface area contributed by atoms with Crippen molar-refractivity contribution in [2.75, 3.05) is 39.3 Å². The van der Waals surface area contributed by atoms with Crippen molar-refractivity contribution in [2.24, 2.45) is 0 Å². The Balaban J connectivity index is 1.53. The Morgan fingerprint density at radius 1 is 0.886 bits per heavy atom. The summed E-state index contributed by atoms with van der Waals surface area (Å²) >= 11 is 0. The van der Waals surface area contributed by atoms with Gasteiger partial charge in [-0.25, -0.2) is 13.6 Å². The number of alkyl halides is 8. The summed E-state index contributed by atoms with van der Waals surface area (Å²) in [7, 11) is 0. The molecule has 0 saturated carbocycles. The maximum Gasteiger partial charge on any atom is 0.434 e. The Morgan fingerprint density at radius 3 is 1.80 bits per heavy atom. The van der Waals surface area contributed by atoms with E-state index in [1.807, 2.05) is 34.9 Å². The second-order valence-corrected chi connectivity index (χ2v) is 8.94. The molecule has 5 nitrogen and oxygen atoms in total. The highest BCUT2D eigenvalue weighted by molar-refractivity contribution is 5.68. The van der Waals surface area contributed by atoms with Crippen LogP contribution in [0.25, 0.3) is 0 Å². The summed E-state index contributed by atoms with van der Waals surface area (Å²) in [5.74, 6) is -2.62. The first kappa shape index (κ1) is 27.4. The van der Waals surface area contributed by atoms with E-state index < -0.39 is 30.5 Å². The van der Waals surface area contributed by atoms with Gasteiger partial charge in [0.25, 0.3) is 12.0 Å². The minimum Gasteiger partial charge on any atom is -0.426 e. The van der Waals surface area contributed by atoms with E-state index in [1.54, 1.807) is 0 Å². The number of piperidine rings is 1. The van der Waals surface area contributed by atoms with Gasteiger partial charge in [0.1, 0.15) is 0 Å². The number of carbonyl (C=O) groups excluding carboxylic acids is 1. The molecule has 2 aliphatic rings. The molecule has 198 valence electrons. The van der Waals surface area contributed by atoms with Gasteiger partial charge in [-0.05, 0) is 23.6 Å². The Hall–Kier alpha value is -2.15. The first-order valence-electron chi connectivity index (χ1n) is 11.1. The topological polar surface area (TPSA) is 36.0 Å². The second-order valence-electron chi connectivity index (χ2n) is 8.94. The average Bonchev–Trinajstić information content (AvgIpc) is 2.75. The van der Waals surface area contributed by atoms with Crippen LogP contribution >= 0.6 is 0 Å². The molecule has 35 heavy (non-hydrogen) atoms. The van der Waals surface area contributed by atoms with Crippen molar-refractivity contribution in [3.63, 3.8) is 0 Å². The lowest BCUT2D eigenvalue weighted by molar-refractivity contribution is -0.308. The molecule has 1 aromatic carbocycles. The summed E-state index contributed by atoms with van der Waals surface area (Å²) in [6.07, 6.45) is -17.7. The van der Waals surface area contributed by atoms with Crippen LogP contribution in [0.5, 0.6) is 0 Å². The van der Waals surface area contributed by atoms with Crippen molar-refractivity contribution in [1.29, 1.82) is 0 Å². The molecule has 0 N–H and O–H groups in total. The van der Waals surface area contributed by atoms with Gasteiger partial charge in [0.15, 0.2) is 0 Å². The smallest absolute Gasteiger partial charge is 0.426 e. The molecule has 3 rings (SSSR count). The number of hydrogen-bond donors (Lipinski definition) is 0. The van der Waals surface area contributed by atoms with Crippen molar-refractivity contribution < 1.29 is 44.7 Å². The zero-order chi connectivity index (χ0) is 26.0. The minimum atomic E-state index is -5.76. The van der Waals surface area contributed by atoms with Crippen LogP contribution < -0.4 is 0 Å². The fourth-order valence-electron chi connectivity index (χ4n) is 4.18. The summed E-state index contributed by atoms with van der Waals surface area (Å²) in [6.45, 7) is 3.85. The molecule has 13 heteroatoms. The number of benzene rings is 1. The lowest BCUT2D eigenvalue weighted by Crippen LogP contribution is -2.52. The van der Waals surface area contributed by atoms with Crippen LogP contribution in [0, 0.1) is 6.92 Å². The highest BCUT2D eigenvalue weighted by atomic mass is 19.4. The Bertz CT molecular complexity index is 858. The SMILES string of the molecule is Cc1c(CN2CCN(C(=O)OC(C(F)(F)F)C(F)(F)F)CC2)cccc1CN1CCC(F)(F)CC1. The molecule has 1 aromatic rings. The van der Waals surface area contributed by atoms with E-state index in [9.17, 15) is 39.9 Å². The molecule has 1 amide bonds. The summed E-state index contributed by atoms with van der Waals surface area (Å²) in [6, 6.07) is 5.69. The summed E-state index contributed by atoms with van der Waals surface area (Å²) in [4.78, 5) is 16.7. The molecule has 0 bridgehead atoms. The quantitative estimate of drug-likeness (QED) is 0.517. The molecule has 2 saturated heterocycles. The predicted octanol–water partition coefficient (Wildman–Crippen LogP) is 4.97. The predicted molar refractivity (Wildman–Crippen MR) is 110 cm³/mol. The van der Waals surface area contributed by atoms with E-state index in [4.69, 9.17) is 0 Å². The minimum absolute atomic E-state index is 0.0814. The van der Waals surface area contributed by atoms with E-state index in [1.165, 1.54) is 0 Å². The Morgan fingerprint density at radius 2 is 1.34 bits per heavy atom. The van der Waals surface area contributed by atoms with E-state index in [0.717, 1.165) is 21.6 Å². The third kappa shape index (κ3) is 7.42. The van der Waals surface area contributed by atoms with Crippen molar-refractivity contribution in [3.05, 3.63) is 34.9 Å². The third-order valence-corrected chi connectivity index (χ3v) is 6.38. The van der Waals surface area contributed by atoms with Gasteiger partial charge in [-0.3, -0.25) is 9.80 Å². The molecule has 0 atom stereocenters. The Kier molecular flexibility index (Phi) is 8.19. The van der Waals surface area contributed by atoms with E-state index in [-0.39, 0.29) is 39.0 Å². The van der Waals surface area contributed by atoms with Crippen LogP contribution in [0.1, 0.15) is 29.5 Å². The third-order valence-electron chi connectivity index (χ3n) is 6.38. The van der Waals surface area contributed by atoms with Crippen LogP contribution in [0.4, 0.5) is 39.9 Å². The lowest BCUT2D eigenvalue weighted by Gasteiger charge is -2.35. The molecule has 2 aliphatic heterocycles. The average molecular weight is 517 g/mol. The monoisotopic (exact) mass is 517 g/mol. The van der Waals surface area contributed by atoms with E-state index in [0.29, 0.717) is 26.2 Å². The molecule has 0 unspecified atom stereocenters. The molecular formula is C22H27F8N3O2. The number of likely N-dealkylation sites (tertiary alicyclic amines) is 1. The van der Waals surface area contributed by atoms with Crippen LogP contribution in [0.15, 0.2) is 18.2 Å². The molecule has 2 fully saturated rings. The van der Waals surface area contributed by atoms with Gasteiger partial charge in [-0.2, -0.15) is 26.3 Å². The summed E-state index contributed by atoms with van der Waals surface area (Å²) in [5.41, 5.74) is 2.96. The van der Waals surface area contributed by atoms with Crippen LogP contribution in [-0.4, -0.2) is 84.4 Å². The van der Waals surface area contributed by atoms with Crippen molar-refractivity contribution in [1.82, 2.24) is 14.7 Å². The number of piperazine rings is 1. The van der Waals surface area contributed by atoms with Gasteiger partial charge >= 0.3 is 18.4 Å². The number of nitrogens with zero attached hydrogens (tertiary/aromatic N) is 3. The maximum absolute atomic E-state index is 13.4. The first-order chi connectivity index (χ1) is 16.2. The zero-order valence-corrected chi connectivity index (χ0v) is 19.1. The largest absolute Gasteiger partial charge is 0.434 e. The number of amides is 1. The fourth-order valence-corrected chi connectivity index (χ4v) is 4.18. The van der Waals surface area contributed by atoms with Crippen molar-refractivity contribution in [3.8, 4) is 0 Å². The number of rotatable bonds is 5. The first-order valence-corrected chi connectivity index (χ1v) is 11.1. The van der Waals surface area contributed by atoms with Crippen molar-refractivity contribution >= 4 is 6.09 Å². The Labute approximate surface area is 197 Å². The van der Waals surface area contributed by atoms with Gasteiger partial charge in [0, 0.05) is 65.2 Å². The van der Waals surface area contributed by atoms with Crippen LogP contribution in [0.3, 0.4) is 0 Å². The number of hydrogen-bond acceptors (Lipinski definition) is 4. The fraction of sp³-hybridized carbons (Fsp3) is 0.682. The molecule has 0 radical (unpaired) electrons. The molecule has 0 aliphatic carbocycles. The van der Waals surface area contributed by atoms with E-state index in [2.05, 4.69) is 4.74 Å². The van der Waals surface area contributed by atoms with Crippen LogP contribution in [-0.2, 0) is 17.8 Å².